The Morgan fingerprint density at radius 3 is 2.35 bits per heavy atom. The van der Waals surface area contributed by atoms with Crippen molar-refractivity contribution in [1.82, 2.24) is 5.32 Å². The Kier molecular flexibility index (Phi) is 12.3. The molecule has 4 aliphatic rings. The number of hydrogen-bond acceptors (Lipinski definition) is 3. The molecule has 4 saturated carbocycles. The minimum atomic E-state index is -0.545. The van der Waals surface area contributed by atoms with Crippen molar-refractivity contribution in [1.29, 1.82) is 0 Å². The van der Waals surface area contributed by atoms with Crippen molar-refractivity contribution in [3.63, 3.8) is 0 Å². The maximum absolute atomic E-state index is 13.7. The second-order valence-corrected chi connectivity index (χ2v) is 17.3. The van der Waals surface area contributed by atoms with Crippen LogP contribution in [0.1, 0.15) is 123 Å². The van der Waals surface area contributed by atoms with E-state index in [1.807, 2.05) is 30.3 Å². The molecule has 1 amide bonds. The second kappa shape index (κ2) is 15.9. The van der Waals surface area contributed by atoms with Gasteiger partial charge in [0, 0.05) is 6.04 Å². The highest BCUT2D eigenvalue weighted by atomic mass is 35.5. The first-order valence-corrected chi connectivity index (χ1v) is 19.4. The Morgan fingerprint density at radius 2 is 1.62 bits per heavy atom. The number of rotatable bonds is 12. The molecule has 2 aromatic rings. The van der Waals surface area contributed by atoms with E-state index < -0.39 is 6.04 Å². The van der Waals surface area contributed by atoms with Crippen molar-refractivity contribution >= 4 is 18.3 Å². The topological polar surface area (TPSA) is 64.4 Å². The van der Waals surface area contributed by atoms with Gasteiger partial charge >= 0.3 is 0 Å². The first-order valence-electron chi connectivity index (χ1n) is 19.4. The lowest BCUT2D eigenvalue weighted by molar-refractivity contribution is -0.139. The largest absolute Gasteiger partial charge is 0.489 e. The maximum Gasteiger partial charge on any atom is 0.237 e. The molecule has 6 rings (SSSR count). The smallest absolute Gasteiger partial charge is 0.237 e. The van der Waals surface area contributed by atoms with Crippen LogP contribution in [-0.4, -0.2) is 18.0 Å². The molecule has 0 aromatic heterocycles. The summed E-state index contributed by atoms with van der Waals surface area (Å²) in [5.74, 6) is 6.52. The van der Waals surface area contributed by atoms with E-state index >= 15 is 0 Å². The lowest BCUT2D eigenvalue weighted by Crippen LogP contribution is -2.63. The van der Waals surface area contributed by atoms with E-state index in [1.54, 1.807) is 0 Å². The Bertz CT molecular complexity index is 1320. The van der Waals surface area contributed by atoms with Crippen molar-refractivity contribution in [3.8, 4) is 5.75 Å². The van der Waals surface area contributed by atoms with Crippen LogP contribution in [0.2, 0.25) is 0 Å². The third-order valence-corrected chi connectivity index (χ3v) is 14.2. The Balaban J connectivity index is 0.00000451. The molecule has 0 heterocycles. The normalized spacial score (nSPS) is 33.8. The quantitative estimate of drug-likeness (QED) is 0.235. The van der Waals surface area contributed by atoms with Crippen LogP contribution in [0.5, 0.6) is 5.75 Å². The number of benzene rings is 2. The van der Waals surface area contributed by atoms with E-state index in [0.717, 1.165) is 64.7 Å². The van der Waals surface area contributed by atoms with Crippen molar-refractivity contribution in [3.05, 3.63) is 65.7 Å². The van der Waals surface area contributed by atoms with Crippen LogP contribution in [0, 0.1) is 52.3 Å². The van der Waals surface area contributed by atoms with Crippen LogP contribution in [0.4, 0.5) is 0 Å². The van der Waals surface area contributed by atoms with Gasteiger partial charge in [0.15, 0.2) is 0 Å². The molecule has 266 valence electrons. The zero-order chi connectivity index (χ0) is 33.2. The lowest BCUT2D eigenvalue weighted by Gasteiger charge is -2.63. The number of amides is 1. The SMILES string of the molecule is CC(C)CCC[C@@H](C)[C@H]1CC[C@H]2[C@@H]3CCC4CCCC(NC(=O)[C@@H](N)Cc5ccc(OCc6ccccc6)cc5)[C@]4(C)[C@H]3CC[C@]12C.Cl. The summed E-state index contributed by atoms with van der Waals surface area (Å²) in [4.78, 5) is 13.7. The van der Waals surface area contributed by atoms with Gasteiger partial charge < -0.3 is 15.8 Å². The molecule has 0 aliphatic heterocycles. The van der Waals surface area contributed by atoms with E-state index in [0.29, 0.717) is 18.4 Å². The summed E-state index contributed by atoms with van der Waals surface area (Å²) in [6.07, 6.45) is 16.7. The predicted molar refractivity (Wildman–Crippen MR) is 201 cm³/mol. The molecule has 0 saturated heterocycles. The molecule has 10 atom stereocenters. The van der Waals surface area contributed by atoms with Crippen LogP contribution >= 0.6 is 12.4 Å². The third kappa shape index (κ3) is 7.65. The lowest BCUT2D eigenvalue weighted by atomic mass is 9.43. The van der Waals surface area contributed by atoms with E-state index in [9.17, 15) is 4.79 Å². The molecular formula is C43H65ClN2O2. The third-order valence-electron chi connectivity index (χ3n) is 14.2. The number of halogens is 1. The standard InChI is InChI=1S/C43H64N2O2.ClH/c1-29(2)11-9-12-30(3)36-23-24-37-35-22-19-33-15-10-16-40(43(33,5)38(35)25-26-42(36,37)4)45-41(46)39(44)27-31-17-20-34(21-18-31)47-28-32-13-7-6-8-14-32;/h6-8,13-14,17-18,20-21,29-30,33,35-40H,9-12,15-16,19,22-28,44H2,1-5H3,(H,45,46);1H/t30-,33?,35+,36-,37+,38+,39+,40?,42-,43+;/m1./s1. The summed E-state index contributed by atoms with van der Waals surface area (Å²) >= 11 is 0. The molecular weight excluding hydrogens is 612 g/mol. The van der Waals surface area contributed by atoms with E-state index in [2.05, 4.69) is 64.2 Å². The fourth-order valence-corrected chi connectivity index (χ4v) is 11.7. The zero-order valence-corrected chi connectivity index (χ0v) is 31.4. The molecule has 0 spiro atoms. The molecule has 3 N–H and O–H groups in total. The molecule has 2 aromatic carbocycles. The van der Waals surface area contributed by atoms with Gasteiger partial charge in [-0.2, -0.15) is 0 Å². The van der Waals surface area contributed by atoms with Crippen LogP contribution in [-0.2, 0) is 17.8 Å². The summed E-state index contributed by atoms with van der Waals surface area (Å²) in [6.45, 7) is 13.1. The Morgan fingerprint density at radius 1 is 0.875 bits per heavy atom. The molecule has 48 heavy (non-hydrogen) atoms. The minimum absolute atomic E-state index is 0. The monoisotopic (exact) mass is 676 g/mol. The number of nitrogens with two attached hydrogens (primary N) is 1. The average molecular weight is 677 g/mol. The van der Waals surface area contributed by atoms with Crippen molar-refractivity contribution in [2.45, 2.75) is 137 Å². The van der Waals surface area contributed by atoms with Gasteiger partial charge in [-0.15, -0.1) is 12.4 Å². The molecule has 4 nitrogen and oxygen atoms in total. The minimum Gasteiger partial charge on any atom is -0.489 e. The van der Waals surface area contributed by atoms with Crippen LogP contribution in [0.25, 0.3) is 0 Å². The second-order valence-electron chi connectivity index (χ2n) is 17.3. The summed E-state index contributed by atoms with van der Waals surface area (Å²) in [7, 11) is 0. The first kappa shape index (κ1) is 37.2. The first-order chi connectivity index (χ1) is 22.6. The van der Waals surface area contributed by atoms with Gasteiger partial charge in [-0.05, 0) is 133 Å². The van der Waals surface area contributed by atoms with Gasteiger partial charge in [0.05, 0.1) is 6.04 Å². The van der Waals surface area contributed by atoms with E-state index in [-0.39, 0.29) is 29.8 Å². The number of carbonyl (C=O) groups excluding carboxylic acids is 1. The van der Waals surface area contributed by atoms with Gasteiger partial charge in [-0.3, -0.25) is 4.79 Å². The number of hydrogen-bond donors (Lipinski definition) is 2. The van der Waals surface area contributed by atoms with Gasteiger partial charge in [0.2, 0.25) is 5.91 Å². The number of nitrogens with one attached hydrogen (secondary N) is 1. The maximum atomic E-state index is 13.7. The van der Waals surface area contributed by atoms with Crippen LogP contribution in [0.3, 0.4) is 0 Å². The highest BCUT2D eigenvalue weighted by molar-refractivity contribution is 5.85. The number of carbonyl (C=O) groups is 1. The van der Waals surface area contributed by atoms with Crippen molar-refractivity contribution in [2.24, 2.45) is 58.0 Å². The fraction of sp³-hybridized carbons (Fsp3) is 0.698. The van der Waals surface area contributed by atoms with Crippen molar-refractivity contribution < 1.29 is 9.53 Å². The van der Waals surface area contributed by atoms with Crippen LogP contribution in [0.15, 0.2) is 54.6 Å². The van der Waals surface area contributed by atoms with E-state index in [4.69, 9.17) is 10.5 Å². The van der Waals surface area contributed by atoms with E-state index in [1.165, 1.54) is 70.6 Å². The zero-order valence-electron chi connectivity index (χ0n) is 30.6. The molecule has 4 aliphatic carbocycles. The summed E-state index contributed by atoms with van der Waals surface area (Å²) < 4.78 is 5.97. The van der Waals surface area contributed by atoms with Crippen LogP contribution < -0.4 is 15.8 Å². The highest BCUT2D eigenvalue weighted by Gasteiger charge is 2.62. The molecule has 4 fully saturated rings. The Hall–Kier alpha value is -2.04. The average Bonchev–Trinajstić information content (AvgIpc) is 3.42. The van der Waals surface area contributed by atoms with Gasteiger partial charge in [0.25, 0.3) is 0 Å². The number of fused-ring (bicyclic) bond motifs is 5. The summed E-state index contributed by atoms with van der Waals surface area (Å²) in [5, 5.41) is 3.60. The Labute approximate surface area is 298 Å². The molecule has 2 unspecified atom stereocenters. The number of ether oxygens (including phenoxy) is 1. The summed E-state index contributed by atoms with van der Waals surface area (Å²) in [6, 6.07) is 18.0. The molecule has 5 heteroatoms. The fourth-order valence-electron chi connectivity index (χ4n) is 11.7. The molecule has 0 bridgehead atoms. The van der Waals surface area contributed by atoms with Gasteiger partial charge in [-0.25, -0.2) is 0 Å². The predicted octanol–water partition coefficient (Wildman–Crippen LogP) is 10.2. The molecule has 0 radical (unpaired) electrons. The highest BCUT2D eigenvalue weighted by Crippen LogP contribution is 2.68. The summed E-state index contributed by atoms with van der Waals surface area (Å²) in [5.41, 5.74) is 9.52. The van der Waals surface area contributed by atoms with Crippen molar-refractivity contribution in [2.75, 3.05) is 0 Å². The van der Waals surface area contributed by atoms with Gasteiger partial charge in [0.1, 0.15) is 12.4 Å². The van der Waals surface area contributed by atoms with Gasteiger partial charge in [-0.1, -0.05) is 103 Å².